The molecule has 2 saturated heterocycles. The molecule has 0 saturated carbocycles. The molecule has 0 bridgehead atoms. The van der Waals surface area contributed by atoms with Crippen molar-refractivity contribution in [3.63, 3.8) is 0 Å². The van der Waals surface area contributed by atoms with E-state index in [1.165, 1.54) is 0 Å². The van der Waals surface area contributed by atoms with E-state index in [0.29, 0.717) is 18.5 Å². The van der Waals surface area contributed by atoms with Crippen LogP contribution in [0.5, 0.6) is 0 Å². The third kappa shape index (κ3) is 2.85. The number of rotatable bonds is 2. The normalized spacial score (nSPS) is 23.7. The summed E-state index contributed by atoms with van der Waals surface area (Å²) in [5.41, 5.74) is 1.43. The molecule has 2 aliphatic heterocycles. The molecule has 2 aromatic rings. The van der Waals surface area contributed by atoms with Crippen LogP contribution in [0.3, 0.4) is 0 Å². The maximum atomic E-state index is 13.1. The Morgan fingerprint density at radius 2 is 2.08 bits per heavy atom. The van der Waals surface area contributed by atoms with Gasteiger partial charge in [0.05, 0.1) is 11.1 Å². The summed E-state index contributed by atoms with van der Waals surface area (Å²) in [6, 6.07) is 9.57. The minimum absolute atomic E-state index is 0.0592. The lowest BCUT2D eigenvalue weighted by atomic mass is 9.79. The van der Waals surface area contributed by atoms with E-state index >= 15 is 0 Å². The molecule has 1 aromatic heterocycles. The highest BCUT2D eigenvalue weighted by atomic mass is 16.2. The number of carbonyl (C=O) groups is 2. The molecule has 0 N–H and O–H groups in total. The molecule has 2 fully saturated rings. The van der Waals surface area contributed by atoms with Crippen LogP contribution in [-0.4, -0.2) is 51.8 Å². The SMILES string of the molecule is CCN1C(=O)CCC[C@]12CCCN(C(=O)c1ccc3ncccc3c1)C2. The Bertz CT molecular complexity index is 846. The van der Waals surface area contributed by atoms with Crippen molar-refractivity contribution in [3.05, 3.63) is 42.1 Å². The Hall–Kier alpha value is -2.43. The Balaban J connectivity index is 1.60. The van der Waals surface area contributed by atoms with Crippen LogP contribution in [0, 0.1) is 0 Å². The average Bonchev–Trinajstić information content (AvgIpc) is 2.67. The molecule has 5 heteroatoms. The van der Waals surface area contributed by atoms with Gasteiger partial charge in [-0.25, -0.2) is 0 Å². The smallest absolute Gasteiger partial charge is 0.253 e. The fourth-order valence-electron chi connectivity index (χ4n) is 4.72. The molecule has 136 valence electrons. The van der Waals surface area contributed by atoms with Gasteiger partial charge in [-0.05, 0) is 56.9 Å². The van der Waals surface area contributed by atoms with Crippen molar-refractivity contribution in [2.45, 2.75) is 44.6 Å². The van der Waals surface area contributed by atoms with Crippen molar-refractivity contribution in [1.29, 1.82) is 0 Å². The minimum Gasteiger partial charge on any atom is -0.336 e. The predicted octanol–water partition coefficient (Wildman–Crippen LogP) is 3.24. The number of piperidine rings is 2. The Kier molecular flexibility index (Phi) is 4.39. The fourth-order valence-corrected chi connectivity index (χ4v) is 4.72. The number of likely N-dealkylation sites (N-methyl/N-ethyl adjacent to an activating group) is 1. The number of amides is 2. The molecule has 5 nitrogen and oxygen atoms in total. The van der Waals surface area contributed by atoms with Gasteiger partial charge in [-0.1, -0.05) is 6.07 Å². The number of hydrogen-bond donors (Lipinski definition) is 0. The summed E-state index contributed by atoms with van der Waals surface area (Å²) in [7, 11) is 0. The van der Waals surface area contributed by atoms with Crippen molar-refractivity contribution < 1.29 is 9.59 Å². The lowest BCUT2D eigenvalue weighted by Crippen LogP contribution is -2.63. The quantitative estimate of drug-likeness (QED) is 0.835. The first-order valence-electron chi connectivity index (χ1n) is 9.57. The third-order valence-electron chi connectivity index (χ3n) is 5.92. The second-order valence-electron chi connectivity index (χ2n) is 7.46. The highest BCUT2D eigenvalue weighted by Gasteiger charge is 2.45. The van der Waals surface area contributed by atoms with Crippen molar-refractivity contribution in [3.8, 4) is 0 Å². The highest BCUT2D eigenvalue weighted by Crippen LogP contribution is 2.37. The molecule has 3 heterocycles. The van der Waals surface area contributed by atoms with Crippen molar-refractivity contribution >= 4 is 22.7 Å². The van der Waals surface area contributed by atoms with Crippen LogP contribution in [-0.2, 0) is 4.79 Å². The Morgan fingerprint density at radius 1 is 1.23 bits per heavy atom. The summed E-state index contributed by atoms with van der Waals surface area (Å²) < 4.78 is 0. The Morgan fingerprint density at radius 3 is 2.92 bits per heavy atom. The van der Waals surface area contributed by atoms with E-state index in [0.717, 1.165) is 49.7 Å². The molecule has 26 heavy (non-hydrogen) atoms. The number of nitrogens with zero attached hydrogens (tertiary/aromatic N) is 3. The highest BCUT2D eigenvalue weighted by molar-refractivity contribution is 5.98. The summed E-state index contributed by atoms with van der Waals surface area (Å²) in [5, 5.41) is 0.980. The van der Waals surface area contributed by atoms with Crippen LogP contribution in [0.15, 0.2) is 36.5 Å². The van der Waals surface area contributed by atoms with Gasteiger partial charge in [0.1, 0.15) is 0 Å². The van der Waals surface area contributed by atoms with Gasteiger partial charge in [0.25, 0.3) is 5.91 Å². The molecule has 2 amide bonds. The van der Waals surface area contributed by atoms with E-state index in [1.54, 1.807) is 6.20 Å². The topological polar surface area (TPSA) is 53.5 Å². The number of fused-ring (bicyclic) bond motifs is 1. The number of carbonyl (C=O) groups excluding carboxylic acids is 2. The zero-order valence-corrected chi connectivity index (χ0v) is 15.3. The van der Waals surface area contributed by atoms with Gasteiger partial charge in [0, 0.05) is 43.2 Å². The van der Waals surface area contributed by atoms with Crippen LogP contribution in [0.2, 0.25) is 0 Å². The zero-order valence-electron chi connectivity index (χ0n) is 15.3. The van der Waals surface area contributed by atoms with E-state index in [1.807, 2.05) is 47.1 Å². The van der Waals surface area contributed by atoms with Crippen LogP contribution < -0.4 is 0 Å². The van der Waals surface area contributed by atoms with Crippen LogP contribution in [0.25, 0.3) is 10.9 Å². The van der Waals surface area contributed by atoms with E-state index in [4.69, 9.17) is 0 Å². The van der Waals surface area contributed by atoms with E-state index < -0.39 is 0 Å². The summed E-state index contributed by atoms with van der Waals surface area (Å²) >= 11 is 0. The van der Waals surface area contributed by atoms with Gasteiger partial charge in [0.15, 0.2) is 0 Å². The average molecular weight is 351 g/mol. The molecule has 2 aliphatic rings. The standard InChI is InChI=1S/C21H25N3O2/c1-2-24-19(25)7-3-10-21(24)11-5-13-23(15-21)20(26)17-8-9-18-16(14-17)6-4-12-22-18/h4,6,8-9,12,14H,2-3,5,7,10-11,13,15H2,1H3/t21-/m1/s1. The summed E-state index contributed by atoms with van der Waals surface area (Å²) in [6.07, 6.45) is 6.28. The molecular weight excluding hydrogens is 326 g/mol. The van der Waals surface area contributed by atoms with Crippen LogP contribution >= 0.6 is 0 Å². The number of aromatic nitrogens is 1. The molecule has 4 rings (SSSR count). The van der Waals surface area contributed by atoms with E-state index in [2.05, 4.69) is 4.98 Å². The van der Waals surface area contributed by atoms with Gasteiger partial charge in [-0.3, -0.25) is 14.6 Å². The second-order valence-corrected chi connectivity index (χ2v) is 7.46. The van der Waals surface area contributed by atoms with Gasteiger partial charge in [-0.15, -0.1) is 0 Å². The lowest BCUT2D eigenvalue weighted by Gasteiger charge is -2.52. The van der Waals surface area contributed by atoms with Crippen LogP contribution in [0.4, 0.5) is 0 Å². The largest absolute Gasteiger partial charge is 0.336 e. The molecule has 1 aromatic carbocycles. The van der Waals surface area contributed by atoms with Crippen LogP contribution in [0.1, 0.15) is 49.4 Å². The number of hydrogen-bond acceptors (Lipinski definition) is 3. The summed E-state index contributed by atoms with van der Waals surface area (Å²) in [6.45, 7) is 4.18. The first-order valence-corrected chi connectivity index (χ1v) is 9.57. The molecule has 0 aliphatic carbocycles. The first kappa shape index (κ1) is 17.0. The predicted molar refractivity (Wildman–Crippen MR) is 101 cm³/mol. The monoisotopic (exact) mass is 351 g/mol. The van der Waals surface area contributed by atoms with E-state index in [9.17, 15) is 9.59 Å². The zero-order chi connectivity index (χ0) is 18.1. The van der Waals surface area contributed by atoms with Gasteiger partial charge >= 0.3 is 0 Å². The summed E-state index contributed by atoms with van der Waals surface area (Å²) in [5.74, 6) is 0.300. The maximum Gasteiger partial charge on any atom is 0.253 e. The van der Waals surface area contributed by atoms with Crippen molar-refractivity contribution in [1.82, 2.24) is 14.8 Å². The number of benzene rings is 1. The third-order valence-corrected chi connectivity index (χ3v) is 5.92. The van der Waals surface area contributed by atoms with Gasteiger partial charge in [-0.2, -0.15) is 0 Å². The van der Waals surface area contributed by atoms with Crippen molar-refractivity contribution in [2.24, 2.45) is 0 Å². The fraction of sp³-hybridized carbons (Fsp3) is 0.476. The van der Waals surface area contributed by atoms with E-state index in [-0.39, 0.29) is 17.4 Å². The molecular formula is C21H25N3O2. The lowest BCUT2D eigenvalue weighted by molar-refractivity contribution is -0.144. The van der Waals surface area contributed by atoms with Crippen molar-refractivity contribution in [2.75, 3.05) is 19.6 Å². The molecule has 1 spiro atoms. The molecule has 1 atom stereocenters. The minimum atomic E-state index is -0.170. The van der Waals surface area contributed by atoms with Gasteiger partial charge in [0.2, 0.25) is 5.91 Å². The number of pyridine rings is 1. The number of likely N-dealkylation sites (tertiary alicyclic amines) is 2. The maximum absolute atomic E-state index is 13.1. The molecule has 0 radical (unpaired) electrons. The van der Waals surface area contributed by atoms with Gasteiger partial charge < -0.3 is 9.80 Å². The first-order chi connectivity index (χ1) is 12.6. The Labute approximate surface area is 154 Å². The summed E-state index contributed by atoms with van der Waals surface area (Å²) in [4.78, 5) is 33.9. The second kappa shape index (κ2) is 6.71. The molecule has 0 unspecified atom stereocenters.